The van der Waals surface area contributed by atoms with Gasteiger partial charge in [-0.3, -0.25) is 4.79 Å². The summed E-state index contributed by atoms with van der Waals surface area (Å²) in [4.78, 5) is 18.9. The molecule has 0 bridgehead atoms. The SMILES string of the molecule is CCOc1ccc(OCCNC(=O)CSc2nc3cc(F)c(F)cc3[nH]2)cc1. The van der Waals surface area contributed by atoms with E-state index in [1.807, 2.05) is 19.1 Å². The minimum atomic E-state index is -0.958. The van der Waals surface area contributed by atoms with Crippen LogP contribution in [0.4, 0.5) is 8.78 Å². The molecule has 3 aromatic rings. The first-order valence-corrected chi connectivity index (χ1v) is 9.63. The van der Waals surface area contributed by atoms with E-state index >= 15 is 0 Å². The number of imidazole rings is 1. The normalized spacial score (nSPS) is 10.8. The fourth-order valence-electron chi connectivity index (χ4n) is 2.39. The van der Waals surface area contributed by atoms with Crippen molar-refractivity contribution >= 4 is 28.7 Å². The van der Waals surface area contributed by atoms with Crippen molar-refractivity contribution in [3.8, 4) is 11.5 Å². The Morgan fingerprint density at radius 1 is 1.14 bits per heavy atom. The molecular formula is C19H19F2N3O3S. The van der Waals surface area contributed by atoms with Gasteiger partial charge in [0.15, 0.2) is 16.8 Å². The van der Waals surface area contributed by atoms with E-state index in [1.54, 1.807) is 12.1 Å². The first kappa shape index (κ1) is 19.9. The van der Waals surface area contributed by atoms with Crippen LogP contribution >= 0.6 is 11.8 Å². The molecule has 148 valence electrons. The molecule has 0 aliphatic heterocycles. The van der Waals surface area contributed by atoms with Crippen LogP contribution < -0.4 is 14.8 Å². The number of H-pyrrole nitrogens is 1. The highest BCUT2D eigenvalue weighted by Gasteiger charge is 2.10. The first-order valence-electron chi connectivity index (χ1n) is 8.65. The number of ether oxygens (including phenoxy) is 2. The monoisotopic (exact) mass is 407 g/mol. The van der Waals surface area contributed by atoms with Crippen LogP contribution in [-0.4, -0.2) is 41.4 Å². The molecular weight excluding hydrogens is 388 g/mol. The second-order valence-electron chi connectivity index (χ2n) is 5.72. The number of thioether (sulfide) groups is 1. The summed E-state index contributed by atoms with van der Waals surface area (Å²) >= 11 is 1.15. The van der Waals surface area contributed by atoms with Gasteiger partial charge in [-0.15, -0.1) is 0 Å². The molecule has 0 fully saturated rings. The highest BCUT2D eigenvalue weighted by atomic mass is 32.2. The molecule has 6 nitrogen and oxygen atoms in total. The summed E-state index contributed by atoms with van der Waals surface area (Å²) in [5.74, 6) is -0.518. The van der Waals surface area contributed by atoms with Crippen molar-refractivity contribution in [3.63, 3.8) is 0 Å². The molecule has 3 rings (SSSR count). The lowest BCUT2D eigenvalue weighted by molar-refractivity contribution is -0.118. The van der Waals surface area contributed by atoms with Crippen LogP contribution in [-0.2, 0) is 4.79 Å². The molecule has 0 radical (unpaired) electrons. The summed E-state index contributed by atoms with van der Waals surface area (Å²) < 4.78 is 37.3. The van der Waals surface area contributed by atoms with Gasteiger partial charge in [-0.1, -0.05) is 11.8 Å². The highest BCUT2D eigenvalue weighted by Crippen LogP contribution is 2.21. The summed E-state index contributed by atoms with van der Waals surface area (Å²) in [6.07, 6.45) is 0. The highest BCUT2D eigenvalue weighted by molar-refractivity contribution is 7.99. The fourth-order valence-corrected chi connectivity index (χ4v) is 3.11. The molecule has 0 saturated heterocycles. The molecule has 2 N–H and O–H groups in total. The average Bonchev–Trinajstić information content (AvgIpc) is 3.07. The van der Waals surface area contributed by atoms with Gasteiger partial charge in [0.1, 0.15) is 18.1 Å². The van der Waals surface area contributed by atoms with Crippen molar-refractivity contribution in [1.82, 2.24) is 15.3 Å². The Kier molecular flexibility index (Phi) is 6.70. The summed E-state index contributed by atoms with van der Waals surface area (Å²) in [6, 6.07) is 9.30. The number of rotatable bonds is 9. The number of carbonyl (C=O) groups is 1. The zero-order valence-corrected chi connectivity index (χ0v) is 15.9. The quantitative estimate of drug-likeness (QED) is 0.419. The van der Waals surface area contributed by atoms with Crippen LogP contribution in [0.3, 0.4) is 0 Å². The van der Waals surface area contributed by atoms with E-state index in [1.165, 1.54) is 0 Å². The van der Waals surface area contributed by atoms with Crippen LogP contribution in [0.25, 0.3) is 11.0 Å². The molecule has 0 aliphatic carbocycles. The van der Waals surface area contributed by atoms with Crippen LogP contribution in [0.5, 0.6) is 11.5 Å². The van der Waals surface area contributed by atoms with E-state index in [2.05, 4.69) is 15.3 Å². The summed E-state index contributed by atoms with van der Waals surface area (Å²) in [5, 5.41) is 3.15. The van der Waals surface area contributed by atoms with Crippen LogP contribution in [0, 0.1) is 11.6 Å². The number of carbonyl (C=O) groups excluding carboxylic acids is 1. The van der Waals surface area contributed by atoms with E-state index in [-0.39, 0.29) is 11.7 Å². The topological polar surface area (TPSA) is 76.2 Å². The van der Waals surface area contributed by atoms with Crippen molar-refractivity contribution in [2.45, 2.75) is 12.1 Å². The zero-order chi connectivity index (χ0) is 19.9. The fraction of sp³-hybridized carbons (Fsp3) is 0.263. The van der Waals surface area contributed by atoms with Gasteiger partial charge in [0.25, 0.3) is 0 Å². The Balaban J connectivity index is 1.38. The molecule has 9 heteroatoms. The van der Waals surface area contributed by atoms with E-state index < -0.39 is 11.6 Å². The smallest absolute Gasteiger partial charge is 0.230 e. The Bertz CT molecular complexity index is 908. The van der Waals surface area contributed by atoms with E-state index in [9.17, 15) is 13.6 Å². The summed E-state index contributed by atoms with van der Waals surface area (Å²) in [5.41, 5.74) is 0.691. The lowest BCUT2D eigenvalue weighted by Crippen LogP contribution is -2.29. The van der Waals surface area contributed by atoms with Gasteiger partial charge >= 0.3 is 0 Å². The number of fused-ring (bicyclic) bond motifs is 1. The average molecular weight is 407 g/mol. The Morgan fingerprint density at radius 2 is 1.82 bits per heavy atom. The number of aromatic nitrogens is 2. The van der Waals surface area contributed by atoms with E-state index in [4.69, 9.17) is 9.47 Å². The van der Waals surface area contributed by atoms with Gasteiger partial charge in [-0.2, -0.15) is 0 Å². The molecule has 1 heterocycles. The minimum Gasteiger partial charge on any atom is -0.494 e. The van der Waals surface area contributed by atoms with Crippen molar-refractivity contribution in [2.24, 2.45) is 0 Å². The Labute approximate surface area is 164 Å². The Morgan fingerprint density at radius 3 is 2.54 bits per heavy atom. The van der Waals surface area contributed by atoms with Gasteiger partial charge in [-0.05, 0) is 31.2 Å². The number of hydrogen-bond donors (Lipinski definition) is 2. The molecule has 28 heavy (non-hydrogen) atoms. The van der Waals surface area contributed by atoms with Crippen LogP contribution in [0.15, 0.2) is 41.6 Å². The predicted octanol–water partition coefficient (Wildman–Crippen LogP) is 3.53. The standard InChI is InChI=1S/C19H19F2N3O3S/c1-2-26-12-3-5-13(6-4-12)27-8-7-22-18(25)11-28-19-23-16-9-14(20)15(21)10-17(16)24-19/h3-6,9-10H,2,7-8,11H2,1H3,(H,22,25)(H,23,24). The van der Waals surface area contributed by atoms with Crippen LogP contribution in [0.1, 0.15) is 6.92 Å². The lowest BCUT2D eigenvalue weighted by Gasteiger charge is -2.08. The van der Waals surface area contributed by atoms with Crippen molar-refractivity contribution in [3.05, 3.63) is 48.0 Å². The van der Waals surface area contributed by atoms with Gasteiger partial charge < -0.3 is 19.8 Å². The van der Waals surface area contributed by atoms with Crippen molar-refractivity contribution in [2.75, 3.05) is 25.5 Å². The third kappa shape index (κ3) is 5.35. The minimum absolute atomic E-state index is 0.119. The largest absolute Gasteiger partial charge is 0.494 e. The molecule has 1 aromatic heterocycles. The molecule has 0 unspecified atom stereocenters. The number of aromatic amines is 1. The number of hydrogen-bond acceptors (Lipinski definition) is 5. The van der Waals surface area contributed by atoms with Gasteiger partial charge in [0.05, 0.1) is 29.9 Å². The Hall–Kier alpha value is -2.81. The van der Waals surface area contributed by atoms with E-state index in [0.29, 0.717) is 41.7 Å². The van der Waals surface area contributed by atoms with Crippen molar-refractivity contribution in [1.29, 1.82) is 0 Å². The first-order chi connectivity index (χ1) is 13.5. The molecule has 1 amide bonds. The predicted molar refractivity (Wildman–Crippen MR) is 103 cm³/mol. The van der Waals surface area contributed by atoms with Gasteiger partial charge in [0, 0.05) is 12.1 Å². The maximum Gasteiger partial charge on any atom is 0.230 e. The van der Waals surface area contributed by atoms with Gasteiger partial charge in [-0.25, -0.2) is 13.8 Å². The number of nitrogens with zero attached hydrogens (tertiary/aromatic N) is 1. The second kappa shape index (κ2) is 9.41. The summed E-state index contributed by atoms with van der Waals surface area (Å²) in [7, 11) is 0. The number of nitrogens with one attached hydrogen (secondary N) is 2. The van der Waals surface area contributed by atoms with Crippen LogP contribution in [0.2, 0.25) is 0 Å². The third-order valence-electron chi connectivity index (χ3n) is 3.67. The molecule has 0 atom stereocenters. The molecule has 0 saturated carbocycles. The second-order valence-corrected chi connectivity index (χ2v) is 6.68. The van der Waals surface area contributed by atoms with E-state index in [0.717, 1.165) is 29.6 Å². The lowest BCUT2D eigenvalue weighted by atomic mass is 10.3. The maximum atomic E-state index is 13.2. The van der Waals surface area contributed by atoms with Gasteiger partial charge in [0.2, 0.25) is 5.91 Å². The molecule has 0 spiro atoms. The third-order valence-corrected chi connectivity index (χ3v) is 4.54. The van der Waals surface area contributed by atoms with Crippen molar-refractivity contribution < 1.29 is 23.0 Å². The number of halogens is 2. The summed E-state index contributed by atoms with van der Waals surface area (Å²) in [6.45, 7) is 3.20. The molecule has 0 aliphatic rings. The zero-order valence-electron chi connectivity index (χ0n) is 15.1. The molecule has 2 aromatic carbocycles. The number of benzene rings is 2. The maximum absolute atomic E-state index is 13.2. The number of amides is 1.